The summed E-state index contributed by atoms with van der Waals surface area (Å²) < 4.78 is 53.3. The lowest BCUT2D eigenvalue weighted by atomic mass is 9.95. The number of hydrogen-bond acceptors (Lipinski definition) is 9. The molecule has 0 aliphatic rings. The van der Waals surface area contributed by atoms with Gasteiger partial charge < -0.3 is 40.6 Å². The van der Waals surface area contributed by atoms with Crippen molar-refractivity contribution in [2.45, 2.75) is 110 Å². The van der Waals surface area contributed by atoms with Gasteiger partial charge in [-0.3, -0.25) is 19.2 Å². The van der Waals surface area contributed by atoms with Crippen LogP contribution in [0.15, 0.2) is 78.9 Å². The van der Waals surface area contributed by atoms with Crippen LogP contribution < -0.4 is 30.7 Å². The minimum atomic E-state index is -4.96. The SMILES string of the molecule is CC[C@H](C)[C@H](NC(=O)C[C@H](O)[C@H](Cc1ccccc1)NC(=O)[C@@H](NC(=O)Cc1cc(OC(F)(F)F)ccc1OC)C(C)C)C(=O)N[C@H](C(=O)OCc1ccccc1)C(C)C. The number of benzene rings is 3. The maximum atomic E-state index is 13.8. The van der Waals surface area contributed by atoms with Crippen LogP contribution in [0.5, 0.6) is 11.5 Å². The molecule has 0 radical (unpaired) electrons. The molecule has 13 nitrogen and oxygen atoms in total. The van der Waals surface area contributed by atoms with Gasteiger partial charge in [0.1, 0.15) is 36.2 Å². The average Bonchev–Trinajstić information content (AvgIpc) is 3.19. The van der Waals surface area contributed by atoms with Crippen molar-refractivity contribution in [1.82, 2.24) is 21.3 Å². The van der Waals surface area contributed by atoms with Gasteiger partial charge in [-0.05, 0) is 53.5 Å². The van der Waals surface area contributed by atoms with Crippen molar-refractivity contribution in [2.24, 2.45) is 17.8 Å². The van der Waals surface area contributed by atoms with E-state index in [2.05, 4.69) is 26.0 Å². The van der Waals surface area contributed by atoms with Gasteiger partial charge in [-0.25, -0.2) is 4.79 Å². The molecule has 0 aliphatic carbocycles. The smallest absolute Gasteiger partial charge is 0.496 e. The lowest BCUT2D eigenvalue weighted by molar-refractivity contribution is -0.274. The molecule has 0 aliphatic heterocycles. The first-order chi connectivity index (χ1) is 28.3. The van der Waals surface area contributed by atoms with E-state index in [1.54, 1.807) is 77.1 Å². The highest BCUT2D eigenvalue weighted by molar-refractivity contribution is 5.91. The van der Waals surface area contributed by atoms with Crippen LogP contribution in [-0.2, 0) is 48.2 Å². The molecule has 0 saturated carbocycles. The Labute approximate surface area is 349 Å². The second-order valence-corrected chi connectivity index (χ2v) is 15.3. The normalized spacial score (nSPS) is 14.5. The Bertz CT molecular complexity index is 1860. The van der Waals surface area contributed by atoms with Crippen LogP contribution in [0.25, 0.3) is 0 Å². The number of esters is 1. The second-order valence-electron chi connectivity index (χ2n) is 15.3. The van der Waals surface area contributed by atoms with E-state index in [0.29, 0.717) is 6.42 Å². The lowest BCUT2D eigenvalue weighted by Crippen LogP contribution is -2.57. The largest absolute Gasteiger partial charge is 0.573 e. The Morgan fingerprint density at radius 1 is 0.717 bits per heavy atom. The number of carbonyl (C=O) groups is 5. The number of methoxy groups -OCH3 is 1. The Morgan fingerprint density at radius 3 is 1.83 bits per heavy atom. The van der Waals surface area contributed by atoms with Crippen LogP contribution >= 0.6 is 0 Å². The summed E-state index contributed by atoms with van der Waals surface area (Å²) >= 11 is 0. The number of ether oxygens (including phenoxy) is 3. The van der Waals surface area contributed by atoms with E-state index >= 15 is 0 Å². The van der Waals surface area contributed by atoms with Gasteiger partial charge >= 0.3 is 12.3 Å². The molecule has 6 atom stereocenters. The zero-order chi connectivity index (χ0) is 44.6. The first kappa shape index (κ1) is 48.7. The molecular weight excluding hydrogens is 785 g/mol. The molecule has 3 aromatic carbocycles. The van der Waals surface area contributed by atoms with E-state index in [1.807, 2.05) is 25.1 Å². The fourth-order valence-corrected chi connectivity index (χ4v) is 6.27. The van der Waals surface area contributed by atoms with E-state index < -0.39 is 90.7 Å². The number of alkyl halides is 3. The molecule has 3 aromatic rings. The molecule has 328 valence electrons. The quantitative estimate of drug-likeness (QED) is 0.0854. The van der Waals surface area contributed by atoms with Crippen LogP contribution in [0, 0.1) is 17.8 Å². The number of halogens is 3. The van der Waals surface area contributed by atoms with Gasteiger partial charge in [-0.1, -0.05) is 109 Å². The van der Waals surface area contributed by atoms with E-state index in [4.69, 9.17) is 9.47 Å². The molecule has 4 amide bonds. The van der Waals surface area contributed by atoms with E-state index in [-0.39, 0.29) is 36.2 Å². The molecule has 16 heteroatoms. The van der Waals surface area contributed by atoms with Crippen molar-refractivity contribution < 1.29 is 56.5 Å². The van der Waals surface area contributed by atoms with Crippen LogP contribution in [0.1, 0.15) is 71.1 Å². The van der Waals surface area contributed by atoms with Crippen molar-refractivity contribution >= 4 is 29.6 Å². The number of hydrogen-bond donors (Lipinski definition) is 5. The molecule has 0 saturated heterocycles. The molecule has 0 unspecified atom stereocenters. The zero-order valence-corrected chi connectivity index (χ0v) is 35.0. The molecule has 0 spiro atoms. The Morgan fingerprint density at radius 2 is 1.28 bits per heavy atom. The maximum absolute atomic E-state index is 13.8. The third-order valence-corrected chi connectivity index (χ3v) is 9.84. The average molecular weight is 843 g/mol. The van der Waals surface area contributed by atoms with Crippen LogP contribution in [0.4, 0.5) is 13.2 Å². The van der Waals surface area contributed by atoms with Crippen molar-refractivity contribution in [3.05, 3.63) is 95.6 Å². The molecule has 0 bridgehead atoms. The summed E-state index contributed by atoms with van der Waals surface area (Å²) in [5, 5.41) is 22.4. The van der Waals surface area contributed by atoms with Crippen LogP contribution in [-0.4, -0.2) is 78.4 Å². The van der Waals surface area contributed by atoms with Gasteiger partial charge in [0, 0.05) is 5.56 Å². The summed E-state index contributed by atoms with van der Waals surface area (Å²) in [7, 11) is 1.29. The van der Waals surface area contributed by atoms with Crippen molar-refractivity contribution in [1.29, 1.82) is 0 Å². The van der Waals surface area contributed by atoms with Crippen LogP contribution in [0.3, 0.4) is 0 Å². The third kappa shape index (κ3) is 15.8. The van der Waals surface area contributed by atoms with Gasteiger partial charge in [0.25, 0.3) is 0 Å². The number of aliphatic hydroxyl groups excluding tert-OH is 1. The van der Waals surface area contributed by atoms with Gasteiger partial charge in [0.2, 0.25) is 23.6 Å². The highest BCUT2D eigenvalue weighted by Crippen LogP contribution is 2.29. The number of amides is 4. The topological polar surface area (TPSA) is 181 Å². The monoisotopic (exact) mass is 842 g/mol. The molecular formula is C44H57F3N4O9. The van der Waals surface area contributed by atoms with Crippen molar-refractivity contribution in [3.63, 3.8) is 0 Å². The predicted molar refractivity (Wildman–Crippen MR) is 217 cm³/mol. The predicted octanol–water partition coefficient (Wildman–Crippen LogP) is 5.17. The van der Waals surface area contributed by atoms with E-state index in [0.717, 1.165) is 23.3 Å². The standard InChI is InChI=1S/C44H57F3N4O9/c1-8-28(6)40(42(56)51-39(27(4)5)43(57)59-25-30-17-13-10-14-18-30)50-37(54)24-34(52)33(21-29-15-11-9-12-16-29)48-41(55)38(26(2)3)49-36(53)23-31-22-32(60-44(45,46)47)19-20-35(31)58-7/h9-20,22,26-28,33-34,38-40,52H,8,21,23-25H2,1-7H3,(H,48,55)(H,49,53)(H,50,54)(H,51,56)/t28-,33-,34-,38-,39-,40-/m0/s1. The summed E-state index contributed by atoms with van der Waals surface area (Å²) in [5.74, 6) is -4.97. The Kier molecular flexibility index (Phi) is 18.9. The van der Waals surface area contributed by atoms with Crippen molar-refractivity contribution in [3.8, 4) is 11.5 Å². The van der Waals surface area contributed by atoms with Gasteiger partial charge in [-0.15, -0.1) is 13.2 Å². The molecule has 0 aromatic heterocycles. The number of carbonyl (C=O) groups excluding carboxylic acids is 5. The zero-order valence-electron chi connectivity index (χ0n) is 35.0. The molecule has 3 rings (SSSR count). The molecule has 0 fully saturated rings. The molecule has 5 N–H and O–H groups in total. The Balaban J connectivity index is 1.75. The summed E-state index contributed by atoms with van der Waals surface area (Å²) in [4.78, 5) is 67.4. The van der Waals surface area contributed by atoms with E-state index in [9.17, 15) is 42.3 Å². The minimum absolute atomic E-state index is 0.0149. The van der Waals surface area contributed by atoms with Crippen molar-refractivity contribution in [2.75, 3.05) is 7.11 Å². The third-order valence-electron chi connectivity index (χ3n) is 9.84. The maximum Gasteiger partial charge on any atom is 0.573 e. The van der Waals surface area contributed by atoms with Gasteiger partial charge in [-0.2, -0.15) is 0 Å². The lowest BCUT2D eigenvalue weighted by Gasteiger charge is -2.30. The first-order valence-electron chi connectivity index (χ1n) is 19.9. The summed E-state index contributed by atoms with van der Waals surface area (Å²) in [6, 6.07) is 16.9. The summed E-state index contributed by atoms with van der Waals surface area (Å²) in [6.07, 6.45) is -6.85. The number of rotatable bonds is 22. The second kappa shape index (κ2) is 23.2. The fourth-order valence-electron chi connectivity index (χ4n) is 6.27. The van der Waals surface area contributed by atoms with Gasteiger partial charge in [0.15, 0.2) is 0 Å². The fraction of sp³-hybridized carbons (Fsp3) is 0.477. The molecule has 60 heavy (non-hydrogen) atoms. The first-order valence-corrected chi connectivity index (χ1v) is 19.9. The highest BCUT2D eigenvalue weighted by Gasteiger charge is 2.35. The number of aliphatic hydroxyl groups is 1. The summed E-state index contributed by atoms with van der Waals surface area (Å²) in [6.45, 7) is 10.5. The highest BCUT2D eigenvalue weighted by atomic mass is 19.4. The summed E-state index contributed by atoms with van der Waals surface area (Å²) in [5.41, 5.74) is 1.57. The number of nitrogens with one attached hydrogen (secondary N) is 4. The van der Waals surface area contributed by atoms with E-state index in [1.165, 1.54) is 13.2 Å². The van der Waals surface area contributed by atoms with Gasteiger partial charge in [0.05, 0.1) is 32.1 Å². The Hall–Kier alpha value is -5.64. The minimum Gasteiger partial charge on any atom is -0.496 e. The molecule has 0 heterocycles. The van der Waals surface area contributed by atoms with Crippen LogP contribution in [0.2, 0.25) is 0 Å².